The highest BCUT2D eigenvalue weighted by Crippen LogP contribution is 2.39. The normalized spacial score (nSPS) is 33.1. The lowest BCUT2D eigenvalue weighted by atomic mass is 9.71. The van der Waals surface area contributed by atoms with Crippen molar-refractivity contribution in [3.63, 3.8) is 0 Å². The van der Waals surface area contributed by atoms with E-state index in [1.54, 1.807) is 0 Å². The second-order valence-electron chi connectivity index (χ2n) is 7.14. The summed E-state index contributed by atoms with van der Waals surface area (Å²) in [6.07, 6.45) is 4.94. The van der Waals surface area contributed by atoms with E-state index in [0.717, 1.165) is 32.4 Å². The van der Waals surface area contributed by atoms with Crippen LogP contribution in [0.1, 0.15) is 46.0 Å². The molecule has 0 amide bonds. The predicted molar refractivity (Wildman–Crippen MR) is 79.6 cm³/mol. The molecule has 2 aliphatic rings. The minimum absolute atomic E-state index is 0.397. The van der Waals surface area contributed by atoms with Gasteiger partial charge >= 0.3 is 0 Å². The summed E-state index contributed by atoms with van der Waals surface area (Å²) in [4.78, 5) is 2.30. The first-order chi connectivity index (χ1) is 9.49. The van der Waals surface area contributed by atoms with Gasteiger partial charge in [-0.05, 0) is 25.2 Å². The summed E-state index contributed by atoms with van der Waals surface area (Å²) in [6.45, 7) is 7.85. The van der Waals surface area contributed by atoms with Gasteiger partial charge in [0.25, 0.3) is 0 Å². The van der Waals surface area contributed by atoms with E-state index in [1.807, 2.05) is 0 Å². The van der Waals surface area contributed by atoms with Crippen LogP contribution in [0.3, 0.4) is 0 Å². The van der Waals surface area contributed by atoms with Crippen LogP contribution in [-0.2, 0) is 4.74 Å². The molecule has 0 radical (unpaired) electrons. The van der Waals surface area contributed by atoms with E-state index in [9.17, 15) is 10.2 Å². The maximum absolute atomic E-state index is 10.6. The first kappa shape index (κ1) is 16.2. The van der Waals surface area contributed by atoms with E-state index in [0.29, 0.717) is 31.6 Å². The van der Waals surface area contributed by atoms with Gasteiger partial charge < -0.3 is 19.8 Å². The van der Waals surface area contributed by atoms with Gasteiger partial charge in [0.15, 0.2) is 0 Å². The van der Waals surface area contributed by atoms with Gasteiger partial charge in [0, 0.05) is 32.2 Å². The van der Waals surface area contributed by atoms with Crippen molar-refractivity contribution >= 4 is 0 Å². The average molecular weight is 285 g/mol. The molecule has 0 unspecified atom stereocenters. The molecule has 1 aliphatic heterocycles. The minimum Gasteiger partial charge on any atom is -0.390 e. The molecule has 0 aromatic carbocycles. The molecule has 20 heavy (non-hydrogen) atoms. The molecule has 2 fully saturated rings. The molecular weight excluding hydrogens is 254 g/mol. The van der Waals surface area contributed by atoms with Gasteiger partial charge in [-0.25, -0.2) is 0 Å². The summed E-state index contributed by atoms with van der Waals surface area (Å²) in [5.41, 5.74) is -0.423. The van der Waals surface area contributed by atoms with E-state index < -0.39 is 11.7 Å². The Labute approximate surface area is 123 Å². The Balaban J connectivity index is 1.72. The van der Waals surface area contributed by atoms with Gasteiger partial charge in [0.2, 0.25) is 0 Å². The molecule has 1 saturated carbocycles. The zero-order chi connectivity index (χ0) is 14.6. The maximum atomic E-state index is 10.6. The highest BCUT2D eigenvalue weighted by atomic mass is 16.5. The molecule has 2 rings (SSSR count). The van der Waals surface area contributed by atoms with Crippen molar-refractivity contribution in [3.05, 3.63) is 0 Å². The van der Waals surface area contributed by atoms with Gasteiger partial charge in [-0.3, -0.25) is 0 Å². The molecule has 0 bridgehead atoms. The molecule has 0 aromatic heterocycles. The Morgan fingerprint density at radius 3 is 2.80 bits per heavy atom. The number of aliphatic hydroxyl groups excluding tert-OH is 1. The van der Waals surface area contributed by atoms with Gasteiger partial charge in [-0.2, -0.15) is 0 Å². The first-order valence-corrected chi connectivity index (χ1v) is 8.20. The van der Waals surface area contributed by atoms with Crippen LogP contribution >= 0.6 is 0 Å². The fraction of sp³-hybridized carbons (Fsp3) is 1.00. The molecule has 1 saturated heterocycles. The van der Waals surface area contributed by atoms with Crippen LogP contribution in [0.5, 0.6) is 0 Å². The lowest BCUT2D eigenvalue weighted by Gasteiger charge is -2.47. The quantitative estimate of drug-likeness (QED) is 0.779. The van der Waals surface area contributed by atoms with E-state index >= 15 is 0 Å². The van der Waals surface area contributed by atoms with Crippen LogP contribution in [0, 0.1) is 11.8 Å². The van der Waals surface area contributed by atoms with Crippen molar-refractivity contribution < 1.29 is 14.9 Å². The van der Waals surface area contributed by atoms with E-state index in [2.05, 4.69) is 18.7 Å². The topological polar surface area (TPSA) is 52.9 Å². The number of aliphatic hydroxyl groups is 2. The van der Waals surface area contributed by atoms with Crippen LogP contribution in [0.2, 0.25) is 0 Å². The summed E-state index contributed by atoms with van der Waals surface area (Å²) in [5.74, 6) is 0.906. The Morgan fingerprint density at radius 2 is 2.05 bits per heavy atom. The number of hydrogen-bond donors (Lipinski definition) is 2. The van der Waals surface area contributed by atoms with Gasteiger partial charge in [0.1, 0.15) is 0 Å². The predicted octanol–water partition coefficient (Wildman–Crippen LogP) is 1.65. The third-order valence-electron chi connectivity index (χ3n) is 4.74. The van der Waals surface area contributed by atoms with Crippen molar-refractivity contribution in [2.45, 2.75) is 57.7 Å². The molecule has 4 nitrogen and oxygen atoms in total. The SMILES string of the molecule is CC(C)COC[C@H](O)CN1CC[C@]2(O)CCCC[C@H]2C1. The van der Waals surface area contributed by atoms with Crippen LogP contribution in [-0.4, -0.2) is 59.7 Å². The lowest BCUT2D eigenvalue weighted by Crippen LogP contribution is -2.54. The molecule has 2 N–H and O–H groups in total. The summed E-state index contributed by atoms with van der Waals surface area (Å²) >= 11 is 0. The van der Waals surface area contributed by atoms with Crippen LogP contribution in [0.4, 0.5) is 0 Å². The lowest BCUT2D eigenvalue weighted by molar-refractivity contribution is -0.103. The van der Waals surface area contributed by atoms with Crippen LogP contribution < -0.4 is 0 Å². The molecule has 1 aliphatic carbocycles. The van der Waals surface area contributed by atoms with Crippen molar-refractivity contribution in [2.24, 2.45) is 11.8 Å². The summed E-state index contributed by atoms with van der Waals surface area (Å²) in [5, 5.41) is 20.7. The standard InChI is InChI=1S/C16H31NO3/c1-13(2)11-20-12-15(18)10-17-8-7-16(19)6-4-3-5-14(16)9-17/h13-15,18-19H,3-12H2,1-2H3/t14-,15+,16+/m0/s1. The summed E-state index contributed by atoms with van der Waals surface area (Å²) in [7, 11) is 0. The molecule has 0 aromatic rings. The highest BCUT2D eigenvalue weighted by Gasteiger charge is 2.42. The molecule has 0 spiro atoms. The number of fused-ring (bicyclic) bond motifs is 1. The van der Waals surface area contributed by atoms with Crippen molar-refractivity contribution in [1.82, 2.24) is 4.90 Å². The molecule has 1 heterocycles. The zero-order valence-electron chi connectivity index (χ0n) is 13.1. The van der Waals surface area contributed by atoms with Crippen molar-refractivity contribution in [2.75, 3.05) is 32.8 Å². The van der Waals surface area contributed by atoms with E-state index in [4.69, 9.17) is 4.74 Å². The Kier molecular flexibility index (Phi) is 5.84. The zero-order valence-corrected chi connectivity index (χ0v) is 13.1. The third-order valence-corrected chi connectivity index (χ3v) is 4.74. The van der Waals surface area contributed by atoms with E-state index in [1.165, 1.54) is 12.8 Å². The summed E-state index contributed by atoms with van der Waals surface area (Å²) in [6, 6.07) is 0. The van der Waals surface area contributed by atoms with Gasteiger partial charge in [-0.1, -0.05) is 26.7 Å². The Morgan fingerprint density at radius 1 is 1.25 bits per heavy atom. The maximum Gasteiger partial charge on any atom is 0.0900 e. The second kappa shape index (κ2) is 7.21. The molecule has 3 atom stereocenters. The minimum atomic E-state index is -0.423. The number of nitrogens with zero attached hydrogens (tertiary/aromatic N) is 1. The largest absolute Gasteiger partial charge is 0.390 e. The monoisotopic (exact) mass is 285 g/mol. The van der Waals surface area contributed by atoms with Crippen LogP contribution in [0.15, 0.2) is 0 Å². The van der Waals surface area contributed by atoms with Crippen molar-refractivity contribution in [3.8, 4) is 0 Å². The average Bonchev–Trinajstić information content (AvgIpc) is 2.38. The van der Waals surface area contributed by atoms with Crippen LogP contribution in [0.25, 0.3) is 0 Å². The number of hydrogen-bond acceptors (Lipinski definition) is 4. The Hall–Kier alpha value is -0.160. The Bertz CT molecular complexity index is 297. The summed E-state index contributed by atoms with van der Waals surface area (Å²) < 4.78 is 5.50. The third kappa shape index (κ3) is 4.42. The number of piperidine rings is 1. The number of likely N-dealkylation sites (tertiary alicyclic amines) is 1. The van der Waals surface area contributed by atoms with Gasteiger partial charge in [-0.15, -0.1) is 0 Å². The number of β-amino-alcohol motifs (C(OH)–C–C–N with tert-alkyl or cyclic N) is 1. The van der Waals surface area contributed by atoms with Crippen molar-refractivity contribution in [1.29, 1.82) is 0 Å². The molecule has 118 valence electrons. The fourth-order valence-corrected chi connectivity index (χ4v) is 3.60. The number of rotatable bonds is 6. The van der Waals surface area contributed by atoms with E-state index in [-0.39, 0.29) is 0 Å². The number of ether oxygens (including phenoxy) is 1. The highest BCUT2D eigenvalue weighted by molar-refractivity contribution is 4.95. The smallest absolute Gasteiger partial charge is 0.0900 e. The fourth-order valence-electron chi connectivity index (χ4n) is 3.60. The first-order valence-electron chi connectivity index (χ1n) is 8.20. The second-order valence-corrected chi connectivity index (χ2v) is 7.14. The molecule has 4 heteroatoms. The molecular formula is C16H31NO3. The van der Waals surface area contributed by atoms with Gasteiger partial charge in [0.05, 0.1) is 18.3 Å².